The third-order valence-electron chi connectivity index (χ3n) is 3.25. The molecular formula is C11H13ClN2. The van der Waals surface area contributed by atoms with Gasteiger partial charge in [0.05, 0.1) is 11.4 Å². The van der Waals surface area contributed by atoms with Crippen molar-refractivity contribution >= 4 is 23.0 Å². The molecular weight excluding hydrogens is 196 g/mol. The fraction of sp³-hybridized carbons (Fsp3) is 0.455. The van der Waals surface area contributed by atoms with E-state index in [-0.39, 0.29) is 0 Å². The van der Waals surface area contributed by atoms with Crippen molar-refractivity contribution in [2.75, 3.05) is 23.7 Å². The summed E-state index contributed by atoms with van der Waals surface area (Å²) in [5.74, 6) is 0. The van der Waals surface area contributed by atoms with Gasteiger partial charge in [-0.3, -0.25) is 0 Å². The number of benzene rings is 1. The van der Waals surface area contributed by atoms with Crippen molar-refractivity contribution < 1.29 is 0 Å². The average Bonchev–Trinajstić information content (AvgIpc) is 2.96. The van der Waals surface area contributed by atoms with E-state index in [9.17, 15) is 0 Å². The Bertz CT molecular complexity index is 372. The highest BCUT2D eigenvalue weighted by molar-refractivity contribution is 6.31. The lowest BCUT2D eigenvalue weighted by molar-refractivity contribution is 0.582. The molecule has 0 bridgehead atoms. The summed E-state index contributed by atoms with van der Waals surface area (Å²) in [6.45, 7) is 2.17. The summed E-state index contributed by atoms with van der Waals surface area (Å²) in [6, 6.07) is 5.97. The molecule has 1 heterocycles. The number of nitrogens with one attached hydrogen (secondary N) is 2. The van der Waals surface area contributed by atoms with E-state index in [1.54, 1.807) is 0 Å². The first-order chi connectivity index (χ1) is 6.77. The van der Waals surface area contributed by atoms with Gasteiger partial charge in [0.25, 0.3) is 0 Å². The molecule has 1 aliphatic carbocycles. The van der Waals surface area contributed by atoms with Crippen LogP contribution in [-0.4, -0.2) is 13.1 Å². The van der Waals surface area contributed by atoms with Crippen LogP contribution in [0.1, 0.15) is 12.8 Å². The SMILES string of the molecule is Clc1ccc2c(c1)NCC1(CC1)CN2. The molecule has 3 heteroatoms. The molecule has 14 heavy (non-hydrogen) atoms. The van der Waals surface area contributed by atoms with Crippen molar-refractivity contribution in [3.8, 4) is 0 Å². The standard InChI is InChI=1S/C11H13ClN2/c12-8-1-2-9-10(5-8)14-7-11(3-4-11)6-13-9/h1-2,5,13-14H,3-4,6-7H2. The lowest BCUT2D eigenvalue weighted by Crippen LogP contribution is -2.19. The Labute approximate surface area is 88.6 Å². The van der Waals surface area contributed by atoms with Crippen LogP contribution in [0, 0.1) is 5.41 Å². The largest absolute Gasteiger partial charge is 0.383 e. The molecule has 0 amide bonds. The van der Waals surface area contributed by atoms with Crippen LogP contribution in [-0.2, 0) is 0 Å². The normalized spacial score (nSPS) is 21.8. The maximum atomic E-state index is 5.95. The van der Waals surface area contributed by atoms with Crippen LogP contribution in [0.3, 0.4) is 0 Å². The summed E-state index contributed by atoms with van der Waals surface area (Å²) in [5, 5.41) is 7.75. The quantitative estimate of drug-likeness (QED) is 0.685. The number of anilines is 2. The fourth-order valence-electron chi connectivity index (χ4n) is 1.98. The molecule has 3 rings (SSSR count). The number of hydrogen-bond acceptors (Lipinski definition) is 2. The van der Waals surface area contributed by atoms with Gasteiger partial charge in [-0.05, 0) is 31.0 Å². The zero-order valence-electron chi connectivity index (χ0n) is 7.94. The van der Waals surface area contributed by atoms with Gasteiger partial charge in [0, 0.05) is 23.5 Å². The monoisotopic (exact) mass is 208 g/mol. The second kappa shape index (κ2) is 2.80. The predicted octanol–water partition coefficient (Wildman–Crippen LogP) is 2.96. The van der Waals surface area contributed by atoms with Crippen molar-refractivity contribution in [2.45, 2.75) is 12.8 Å². The first kappa shape index (κ1) is 8.42. The van der Waals surface area contributed by atoms with Crippen LogP contribution in [0.5, 0.6) is 0 Å². The van der Waals surface area contributed by atoms with Gasteiger partial charge in [-0.2, -0.15) is 0 Å². The molecule has 1 spiro atoms. The number of halogens is 1. The average molecular weight is 209 g/mol. The van der Waals surface area contributed by atoms with Crippen LogP contribution in [0.15, 0.2) is 18.2 Å². The second-order valence-corrected chi connectivity index (χ2v) is 4.83. The van der Waals surface area contributed by atoms with Crippen molar-refractivity contribution in [1.82, 2.24) is 0 Å². The van der Waals surface area contributed by atoms with Gasteiger partial charge in [-0.15, -0.1) is 0 Å². The Morgan fingerprint density at radius 3 is 2.50 bits per heavy atom. The smallest absolute Gasteiger partial charge is 0.0591 e. The topological polar surface area (TPSA) is 24.1 Å². The number of hydrogen-bond donors (Lipinski definition) is 2. The van der Waals surface area contributed by atoms with Crippen LogP contribution < -0.4 is 10.6 Å². The van der Waals surface area contributed by atoms with Crippen molar-refractivity contribution in [3.05, 3.63) is 23.2 Å². The molecule has 1 aromatic carbocycles. The van der Waals surface area contributed by atoms with Crippen LogP contribution >= 0.6 is 11.6 Å². The number of rotatable bonds is 0. The molecule has 2 nitrogen and oxygen atoms in total. The van der Waals surface area contributed by atoms with Gasteiger partial charge in [0.2, 0.25) is 0 Å². The molecule has 1 saturated carbocycles. The van der Waals surface area contributed by atoms with E-state index in [4.69, 9.17) is 11.6 Å². The highest BCUT2D eigenvalue weighted by atomic mass is 35.5. The number of fused-ring (bicyclic) bond motifs is 1. The Morgan fingerprint density at radius 2 is 1.79 bits per heavy atom. The van der Waals surface area contributed by atoms with Gasteiger partial charge in [-0.1, -0.05) is 11.6 Å². The van der Waals surface area contributed by atoms with E-state index < -0.39 is 0 Å². The minimum Gasteiger partial charge on any atom is -0.383 e. The summed E-state index contributed by atoms with van der Waals surface area (Å²) >= 11 is 5.95. The molecule has 1 aromatic rings. The van der Waals surface area contributed by atoms with Crippen LogP contribution in [0.4, 0.5) is 11.4 Å². The molecule has 74 valence electrons. The highest BCUT2D eigenvalue weighted by Gasteiger charge is 2.43. The molecule has 0 radical (unpaired) electrons. The Kier molecular flexibility index (Phi) is 1.68. The van der Waals surface area contributed by atoms with Gasteiger partial charge in [-0.25, -0.2) is 0 Å². The van der Waals surface area contributed by atoms with Gasteiger partial charge in [0.1, 0.15) is 0 Å². The van der Waals surface area contributed by atoms with Crippen molar-refractivity contribution in [2.24, 2.45) is 5.41 Å². The van der Waals surface area contributed by atoms with Gasteiger partial charge in [0.15, 0.2) is 0 Å². The summed E-state index contributed by atoms with van der Waals surface area (Å²) in [4.78, 5) is 0. The summed E-state index contributed by atoms with van der Waals surface area (Å²) in [7, 11) is 0. The van der Waals surface area contributed by atoms with E-state index in [0.29, 0.717) is 5.41 Å². The fourth-order valence-corrected chi connectivity index (χ4v) is 2.15. The van der Waals surface area contributed by atoms with Crippen LogP contribution in [0.2, 0.25) is 5.02 Å². The third kappa shape index (κ3) is 1.34. The van der Waals surface area contributed by atoms with E-state index in [0.717, 1.165) is 23.8 Å². The van der Waals surface area contributed by atoms with E-state index in [1.807, 2.05) is 18.2 Å². The highest BCUT2D eigenvalue weighted by Crippen LogP contribution is 2.47. The van der Waals surface area contributed by atoms with Crippen LogP contribution in [0.25, 0.3) is 0 Å². The Balaban J connectivity index is 1.93. The summed E-state index contributed by atoms with van der Waals surface area (Å²) in [6.07, 6.45) is 2.68. The predicted molar refractivity (Wildman–Crippen MR) is 60.1 cm³/mol. The molecule has 0 aromatic heterocycles. The van der Waals surface area contributed by atoms with Crippen molar-refractivity contribution in [1.29, 1.82) is 0 Å². The second-order valence-electron chi connectivity index (χ2n) is 4.40. The molecule has 0 unspecified atom stereocenters. The first-order valence-corrected chi connectivity index (χ1v) is 5.43. The Morgan fingerprint density at radius 1 is 1.07 bits per heavy atom. The lowest BCUT2D eigenvalue weighted by atomic mass is 10.1. The molecule has 1 aliphatic heterocycles. The molecule has 1 fully saturated rings. The van der Waals surface area contributed by atoms with Crippen molar-refractivity contribution in [3.63, 3.8) is 0 Å². The lowest BCUT2D eigenvalue weighted by Gasteiger charge is -2.10. The van der Waals surface area contributed by atoms with E-state index >= 15 is 0 Å². The van der Waals surface area contributed by atoms with E-state index in [1.165, 1.54) is 18.5 Å². The first-order valence-electron chi connectivity index (χ1n) is 5.05. The molecule has 0 saturated heterocycles. The third-order valence-corrected chi connectivity index (χ3v) is 3.48. The molecule has 0 atom stereocenters. The van der Waals surface area contributed by atoms with Gasteiger partial charge >= 0.3 is 0 Å². The minimum absolute atomic E-state index is 0.519. The maximum Gasteiger partial charge on any atom is 0.0591 e. The Hall–Kier alpha value is -0.890. The maximum absolute atomic E-state index is 5.95. The minimum atomic E-state index is 0.519. The molecule has 2 aliphatic rings. The summed E-state index contributed by atoms with van der Waals surface area (Å²) < 4.78 is 0. The summed E-state index contributed by atoms with van der Waals surface area (Å²) in [5.41, 5.74) is 2.84. The van der Waals surface area contributed by atoms with Gasteiger partial charge < -0.3 is 10.6 Å². The zero-order valence-corrected chi connectivity index (χ0v) is 8.69. The molecule has 2 N–H and O–H groups in total. The zero-order chi connectivity index (χ0) is 9.60. The van der Waals surface area contributed by atoms with E-state index in [2.05, 4.69) is 10.6 Å².